The number of aliphatic hydroxyl groups excluding tert-OH is 1. The number of rotatable bonds is 8. The number of nitrogens with zero attached hydrogens (tertiary/aromatic N) is 4. The first-order valence-corrected chi connectivity index (χ1v) is 14.0. The smallest absolute Gasteiger partial charge is 0.324 e. The summed E-state index contributed by atoms with van der Waals surface area (Å²) in [5, 5.41) is 17.9. The van der Waals surface area contributed by atoms with E-state index in [0.717, 1.165) is 13.1 Å². The van der Waals surface area contributed by atoms with E-state index in [1.807, 2.05) is 6.07 Å². The topological polar surface area (TPSA) is 110 Å². The van der Waals surface area contributed by atoms with Gasteiger partial charge in [0.1, 0.15) is 29.1 Å². The Kier molecular flexibility index (Phi) is 8.48. The number of hydrogen-bond donors (Lipinski definition) is 3. The molecule has 3 amide bonds. The summed E-state index contributed by atoms with van der Waals surface area (Å²) >= 11 is 7.41. The Morgan fingerprint density at radius 3 is 2.63 bits per heavy atom. The highest BCUT2D eigenvalue weighted by molar-refractivity contribution is 6.28. The molecule has 1 aromatic heterocycles. The molecule has 1 aromatic carbocycles. The van der Waals surface area contributed by atoms with Gasteiger partial charge in [-0.05, 0) is 23.3 Å². The third kappa shape index (κ3) is 5.61. The van der Waals surface area contributed by atoms with E-state index in [-0.39, 0.29) is 24.8 Å². The highest BCUT2D eigenvalue weighted by Crippen LogP contribution is 2.52. The number of halogens is 2. The number of benzene rings is 1. The van der Waals surface area contributed by atoms with E-state index in [4.69, 9.17) is 16.3 Å². The average Bonchev–Trinajstić information content (AvgIpc) is 3.31. The van der Waals surface area contributed by atoms with Gasteiger partial charge >= 0.3 is 6.03 Å². The lowest BCUT2D eigenvalue weighted by atomic mass is 9.79. The second kappa shape index (κ2) is 12.1. The number of nitrogens with one attached hydrogen (secondary N) is 2. The average molecular weight is 585 g/mol. The second-order valence-corrected chi connectivity index (χ2v) is 10.8. The van der Waals surface area contributed by atoms with Crippen LogP contribution in [0.2, 0.25) is 0 Å². The Balaban J connectivity index is 1.62. The van der Waals surface area contributed by atoms with E-state index in [1.54, 1.807) is 37.4 Å². The molecule has 2 aromatic rings. The minimum Gasteiger partial charge on any atom is -0.474 e. The van der Waals surface area contributed by atoms with Crippen LogP contribution in [-0.4, -0.2) is 97.4 Å². The molecule has 0 spiro atoms. The van der Waals surface area contributed by atoms with Gasteiger partial charge in [0, 0.05) is 65.0 Å². The molecule has 5 rings (SSSR count). The molecule has 1 aliphatic carbocycles. The lowest BCUT2D eigenvalue weighted by molar-refractivity contribution is -0.119. The summed E-state index contributed by atoms with van der Waals surface area (Å²) in [5.41, 5.74) is 1.73. The summed E-state index contributed by atoms with van der Waals surface area (Å²) < 4.78 is 22.1. The molecule has 2 fully saturated rings. The zero-order valence-corrected chi connectivity index (χ0v) is 23.8. The molecule has 0 radical (unpaired) electrons. The number of urea groups is 1. The van der Waals surface area contributed by atoms with E-state index >= 15 is 4.39 Å². The number of aliphatic hydroxyl groups is 1. The van der Waals surface area contributed by atoms with Gasteiger partial charge < -0.3 is 30.3 Å². The molecule has 3 N–H and O–H groups in total. The van der Waals surface area contributed by atoms with Crippen LogP contribution >= 0.6 is 11.6 Å². The van der Waals surface area contributed by atoms with Crippen molar-refractivity contribution in [3.8, 4) is 5.88 Å². The third-order valence-corrected chi connectivity index (χ3v) is 8.15. The van der Waals surface area contributed by atoms with Crippen LogP contribution in [0.5, 0.6) is 5.88 Å². The maximum absolute atomic E-state index is 16.2. The Labute approximate surface area is 243 Å². The van der Waals surface area contributed by atoms with E-state index < -0.39 is 22.8 Å². The predicted molar refractivity (Wildman–Crippen MR) is 154 cm³/mol. The van der Waals surface area contributed by atoms with Gasteiger partial charge in [-0.15, -0.1) is 11.6 Å². The number of allylic oxidation sites excluding steroid dienone is 2. The fourth-order valence-corrected chi connectivity index (χ4v) is 5.82. The first kappa shape index (κ1) is 28.8. The molecule has 0 bridgehead atoms. The van der Waals surface area contributed by atoms with Crippen molar-refractivity contribution in [1.29, 1.82) is 0 Å². The highest BCUT2D eigenvalue weighted by atomic mass is 35.5. The SMILES string of the molecule is CC(=O)NCCOc1ncc(C2(Cl)C(N3CCN(C)C3=O)=C(F)C=C(c3ccccc3)C2O)cc1N1CCNCC1. The van der Waals surface area contributed by atoms with Gasteiger partial charge in [-0.3, -0.25) is 9.69 Å². The Morgan fingerprint density at radius 2 is 1.98 bits per heavy atom. The number of aromatic nitrogens is 1. The number of carbonyl (C=O) groups is 2. The van der Waals surface area contributed by atoms with Gasteiger partial charge in [-0.25, -0.2) is 14.2 Å². The Hall–Kier alpha value is -3.67. The molecule has 0 saturated carbocycles. The molecule has 3 heterocycles. The zero-order valence-electron chi connectivity index (χ0n) is 23.1. The van der Waals surface area contributed by atoms with Crippen LogP contribution < -0.4 is 20.3 Å². The van der Waals surface area contributed by atoms with E-state index in [9.17, 15) is 14.7 Å². The van der Waals surface area contributed by atoms with E-state index in [0.29, 0.717) is 54.4 Å². The molecule has 218 valence electrons. The standard InChI is InChI=1S/C29H34ClFN6O4/c1-19(38)33-10-15-41-27-24(36-11-8-32-9-12-36)16-21(18-34-27)29(30)25(37-14-13-35(2)28(37)40)23(31)17-22(26(29)39)20-6-4-3-5-7-20/h3-7,16-18,26,32,39H,8-15H2,1-2H3,(H,33,38). The van der Waals surface area contributed by atoms with Gasteiger partial charge in [0.15, 0.2) is 0 Å². The summed E-state index contributed by atoms with van der Waals surface area (Å²) in [6, 6.07) is 10.3. The normalized spacial score (nSPS) is 23.1. The Morgan fingerprint density at radius 1 is 1.24 bits per heavy atom. The summed E-state index contributed by atoms with van der Waals surface area (Å²) in [5.74, 6) is -0.541. The predicted octanol–water partition coefficient (Wildman–Crippen LogP) is 2.45. The maximum atomic E-state index is 16.2. The number of likely N-dealkylation sites (N-methyl/N-ethyl adjacent to an activating group) is 1. The number of hydrogen-bond acceptors (Lipinski definition) is 7. The van der Waals surface area contributed by atoms with Crippen molar-refractivity contribution in [2.75, 3.05) is 64.4 Å². The number of ether oxygens (including phenoxy) is 1. The Bertz CT molecular complexity index is 1370. The van der Waals surface area contributed by atoms with Crippen LogP contribution in [0.15, 0.2) is 60.2 Å². The van der Waals surface area contributed by atoms with Crippen molar-refractivity contribution in [1.82, 2.24) is 25.4 Å². The van der Waals surface area contributed by atoms with Crippen molar-refractivity contribution in [2.24, 2.45) is 0 Å². The lowest BCUT2D eigenvalue weighted by Crippen LogP contribution is -2.47. The third-order valence-electron chi connectivity index (χ3n) is 7.54. The minimum atomic E-state index is -1.88. The number of pyridine rings is 1. The van der Waals surface area contributed by atoms with Gasteiger partial charge in [-0.1, -0.05) is 30.3 Å². The zero-order chi connectivity index (χ0) is 29.1. The van der Waals surface area contributed by atoms with Crippen molar-refractivity contribution in [2.45, 2.75) is 17.9 Å². The van der Waals surface area contributed by atoms with E-state index in [1.165, 1.54) is 29.0 Å². The van der Waals surface area contributed by atoms with Crippen molar-refractivity contribution in [3.63, 3.8) is 0 Å². The van der Waals surface area contributed by atoms with Gasteiger partial charge in [0.25, 0.3) is 0 Å². The molecule has 2 aliphatic heterocycles. The molecular formula is C29H34ClFN6O4. The lowest BCUT2D eigenvalue weighted by Gasteiger charge is -2.42. The number of piperazine rings is 1. The second-order valence-electron chi connectivity index (χ2n) is 10.2. The molecule has 2 saturated heterocycles. The summed E-state index contributed by atoms with van der Waals surface area (Å²) in [6.07, 6.45) is 1.30. The quantitative estimate of drug-likeness (QED) is 0.323. The molecule has 2 atom stereocenters. The fraction of sp³-hybridized carbons (Fsp3) is 0.414. The van der Waals surface area contributed by atoms with Crippen molar-refractivity contribution < 1.29 is 23.8 Å². The van der Waals surface area contributed by atoms with Crippen LogP contribution in [0.25, 0.3) is 5.57 Å². The monoisotopic (exact) mass is 584 g/mol. The first-order valence-electron chi connectivity index (χ1n) is 13.6. The van der Waals surface area contributed by atoms with Crippen molar-refractivity contribution >= 4 is 34.8 Å². The van der Waals surface area contributed by atoms with Gasteiger partial charge in [-0.2, -0.15) is 0 Å². The van der Waals surface area contributed by atoms with Crippen LogP contribution in [-0.2, 0) is 9.67 Å². The molecule has 12 heteroatoms. The summed E-state index contributed by atoms with van der Waals surface area (Å²) in [7, 11) is 1.64. The number of alkyl halides is 1. The van der Waals surface area contributed by atoms with Crippen LogP contribution in [0.1, 0.15) is 18.1 Å². The van der Waals surface area contributed by atoms with Crippen molar-refractivity contribution in [3.05, 3.63) is 71.3 Å². The molecule has 41 heavy (non-hydrogen) atoms. The molecular weight excluding hydrogens is 551 g/mol. The highest BCUT2D eigenvalue weighted by Gasteiger charge is 2.52. The molecule has 10 nitrogen and oxygen atoms in total. The number of carbonyl (C=O) groups excluding carboxylic acids is 2. The fourth-order valence-electron chi connectivity index (χ4n) is 5.41. The molecule has 3 aliphatic rings. The summed E-state index contributed by atoms with van der Waals surface area (Å²) in [6.45, 7) is 5.31. The van der Waals surface area contributed by atoms with Crippen LogP contribution in [0.4, 0.5) is 14.9 Å². The van der Waals surface area contributed by atoms with Crippen LogP contribution in [0, 0.1) is 0 Å². The molecule has 2 unspecified atom stereocenters. The maximum Gasteiger partial charge on any atom is 0.324 e. The number of anilines is 1. The number of amides is 3. The minimum absolute atomic E-state index is 0.118. The van der Waals surface area contributed by atoms with Crippen LogP contribution in [0.3, 0.4) is 0 Å². The van der Waals surface area contributed by atoms with E-state index in [2.05, 4.69) is 20.5 Å². The van der Waals surface area contributed by atoms with Gasteiger partial charge in [0.05, 0.1) is 12.2 Å². The first-order chi connectivity index (χ1) is 19.7. The summed E-state index contributed by atoms with van der Waals surface area (Å²) in [4.78, 5) is 31.9. The largest absolute Gasteiger partial charge is 0.474 e. The van der Waals surface area contributed by atoms with Gasteiger partial charge in [0.2, 0.25) is 11.8 Å².